The summed E-state index contributed by atoms with van der Waals surface area (Å²) in [6, 6.07) is 9.22. The third kappa shape index (κ3) is 3.30. The number of amides is 1. The van der Waals surface area contributed by atoms with E-state index >= 15 is 0 Å². The van der Waals surface area contributed by atoms with Gasteiger partial charge in [-0.3, -0.25) is 14.0 Å². The van der Waals surface area contributed by atoms with Gasteiger partial charge in [-0.2, -0.15) is 0 Å². The number of carbonyl (C=O) groups excluding carboxylic acids is 1. The molecule has 1 aromatic carbocycles. The van der Waals surface area contributed by atoms with E-state index in [4.69, 9.17) is 0 Å². The SMILES string of the molecule is O=C(NCCC(O)c1ccccc1)c1cnc2sccn2c1=O. The molecular formula is C16H15N3O3S. The molecule has 1 unspecified atom stereocenters. The molecule has 2 N–H and O–H groups in total. The van der Waals surface area contributed by atoms with Crippen molar-refractivity contribution in [3.63, 3.8) is 0 Å². The van der Waals surface area contributed by atoms with Crippen molar-refractivity contribution in [2.45, 2.75) is 12.5 Å². The molecule has 0 saturated carbocycles. The Kier molecular flexibility index (Phi) is 4.50. The van der Waals surface area contributed by atoms with Crippen molar-refractivity contribution in [2.75, 3.05) is 6.54 Å². The zero-order valence-electron chi connectivity index (χ0n) is 12.2. The first-order valence-electron chi connectivity index (χ1n) is 7.13. The Morgan fingerprint density at radius 2 is 2.13 bits per heavy atom. The summed E-state index contributed by atoms with van der Waals surface area (Å²) in [7, 11) is 0. The summed E-state index contributed by atoms with van der Waals surface area (Å²) in [6.45, 7) is 0.265. The van der Waals surface area contributed by atoms with Crippen molar-refractivity contribution < 1.29 is 9.90 Å². The largest absolute Gasteiger partial charge is 0.388 e. The van der Waals surface area contributed by atoms with Crippen molar-refractivity contribution in [1.29, 1.82) is 0 Å². The first kappa shape index (κ1) is 15.4. The number of aromatic nitrogens is 2. The van der Waals surface area contributed by atoms with Gasteiger partial charge in [0.15, 0.2) is 4.96 Å². The number of thiazole rings is 1. The molecule has 1 atom stereocenters. The quantitative estimate of drug-likeness (QED) is 0.745. The third-order valence-electron chi connectivity index (χ3n) is 3.48. The second-order valence-electron chi connectivity index (χ2n) is 5.00. The first-order chi connectivity index (χ1) is 11.2. The summed E-state index contributed by atoms with van der Waals surface area (Å²) < 4.78 is 1.35. The zero-order valence-corrected chi connectivity index (χ0v) is 13.0. The third-order valence-corrected chi connectivity index (χ3v) is 4.25. The number of aliphatic hydroxyl groups excluding tert-OH is 1. The lowest BCUT2D eigenvalue weighted by molar-refractivity contribution is 0.0940. The lowest BCUT2D eigenvalue weighted by Gasteiger charge is -2.11. The average molecular weight is 329 g/mol. The highest BCUT2D eigenvalue weighted by Crippen LogP contribution is 2.14. The van der Waals surface area contributed by atoms with Crippen LogP contribution in [0.25, 0.3) is 4.96 Å². The van der Waals surface area contributed by atoms with Crippen LogP contribution in [0.15, 0.2) is 52.9 Å². The fraction of sp³-hybridized carbons (Fsp3) is 0.188. The molecule has 0 radical (unpaired) electrons. The van der Waals surface area contributed by atoms with E-state index in [2.05, 4.69) is 10.3 Å². The summed E-state index contributed by atoms with van der Waals surface area (Å²) >= 11 is 1.33. The minimum absolute atomic E-state index is 0.00454. The van der Waals surface area contributed by atoms with Gasteiger partial charge >= 0.3 is 0 Å². The molecule has 3 aromatic rings. The molecule has 0 aliphatic rings. The number of nitrogens with one attached hydrogen (secondary N) is 1. The molecule has 6 nitrogen and oxygen atoms in total. The van der Waals surface area contributed by atoms with Gasteiger partial charge in [0.05, 0.1) is 6.10 Å². The molecule has 7 heteroatoms. The number of benzene rings is 1. The predicted octanol–water partition coefficient (Wildman–Crippen LogP) is 1.61. The Balaban J connectivity index is 1.63. The van der Waals surface area contributed by atoms with Gasteiger partial charge in [-0.1, -0.05) is 30.3 Å². The first-order valence-corrected chi connectivity index (χ1v) is 8.01. The molecule has 118 valence electrons. The topological polar surface area (TPSA) is 83.7 Å². The van der Waals surface area contributed by atoms with E-state index in [1.165, 1.54) is 21.9 Å². The van der Waals surface area contributed by atoms with Crippen LogP contribution in [0.3, 0.4) is 0 Å². The minimum Gasteiger partial charge on any atom is -0.388 e. The molecule has 0 bridgehead atoms. The highest BCUT2D eigenvalue weighted by molar-refractivity contribution is 7.15. The van der Waals surface area contributed by atoms with Crippen LogP contribution in [0, 0.1) is 0 Å². The molecule has 2 aromatic heterocycles. The van der Waals surface area contributed by atoms with Crippen molar-refractivity contribution in [2.24, 2.45) is 0 Å². The summed E-state index contributed by atoms with van der Waals surface area (Å²) in [5, 5.41) is 14.4. The molecular weight excluding hydrogens is 314 g/mol. The van der Waals surface area contributed by atoms with E-state index < -0.39 is 17.6 Å². The van der Waals surface area contributed by atoms with Crippen molar-refractivity contribution in [3.05, 3.63) is 69.6 Å². The summed E-state index contributed by atoms with van der Waals surface area (Å²) in [4.78, 5) is 28.9. The van der Waals surface area contributed by atoms with Crippen LogP contribution in [0.4, 0.5) is 0 Å². The van der Waals surface area contributed by atoms with Crippen molar-refractivity contribution >= 4 is 22.2 Å². The van der Waals surface area contributed by atoms with Gasteiger partial charge in [0, 0.05) is 24.3 Å². The summed E-state index contributed by atoms with van der Waals surface area (Å²) in [6.07, 6.45) is 2.59. The van der Waals surface area contributed by atoms with E-state index in [0.29, 0.717) is 11.4 Å². The van der Waals surface area contributed by atoms with Crippen LogP contribution >= 0.6 is 11.3 Å². The maximum Gasteiger partial charge on any atom is 0.271 e. The number of fused-ring (bicyclic) bond motifs is 1. The smallest absolute Gasteiger partial charge is 0.271 e. The lowest BCUT2D eigenvalue weighted by atomic mass is 10.1. The number of aliphatic hydroxyl groups is 1. The molecule has 2 heterocycles. The molecule has 0 aliphatic heterocycles. The van der Waals surface area contributed by atoms with Gasteiger partial charge in [-0.05, 0) is 12.0 Å². The van der Waals surface area contributed by atoms with E-state index in [1.54, 1.807) is 11.6 Å². The number of rotatable bonds is 5. The predicted molar refractivity (Wildman–Crippen MR) is 87.7 cm³/mol. The van der Waals surface area contributed by atoms with Gasteiger partial charge in [-0.15, -0.1) is 11.3 Å². The highest BCUT2D eigenvalue weighted by atomic mass is 32.1. The van der Waals surface area contributed by atoms with E-state index in [9.17, 15) is 14.7 Å². The molecule has 0 aliphatic carbocycles. The average Bonchev–Trinajstić information content (AvgIpc) is 3.05. The Morgan fingerprint density at radius 3 is 2.91 bits per heavy atom. The zero-order chi connectivity index (χ0) is 16.2. The van der Waals surface area contributed by atoms with Crippen LogP contribution in [-0.2, 0) is 0 Å². The Morgan fingerprint density at radius 1 is 1.35 bits per heavy atom. The number of hydrogen-bond acceptors (Lipinski definition) is 5. The van der Waals surface area contributed by atoms with Crippen LogP contribution in [0.1, 0.15) is 28.4 Å². The Labute approximate surface area is 136 Å². The van der Waals surface area contributed by atoms with Crippen molar-refractivity contribution in [1.82, 2.24) is 14.7 Å². The monoisotopic (exact) mass is 329 g/mol. The van der Waals surface area contributed by atoms with Gasteiger partial charge < -0.3 is 10.4 Å². The summed E-state index contributed by atoms with van der Waals surface area (Å²) in [5.74, 6) is -0.483. The second kappa shape index (κ2) is 6.72. The van der Waals surface area contributed by atoms with Gasteiger partial charge in [0.2, 0.25) is 0 Å². The van der Waals surface area contributed by atoms with E-state index in [-0.39, 0.29) is 12.1 Å². The molecule has 23 heavy (non-hydrogen) atoms. The molecule has 0 spiro atoms. The normalized spacial score (nSPS) is 12.2. The standard InChI is InChI=1S/C16H15N3O3S/c20-13(11-4-2-1-3-5-11)6-7-17-14(21)12-10-18-16-19(15(12)22)8-9-23-16/h1-5,8-10,13,20H,6-7H2,(H,17,21). The number of nitrogens with zero attached hydrogens (tertiary/aromatic N) is 2. The maximum absolute atomic E-state index is 12.2. The van der Waals surface area contributed by atoms with E-state index in [1.807, 2.05) is 30.3 Å². The molecule has 1 amide bonds. The molecule has 0 saturated heterocycles. The van der Waals surface area contributed by atoms with Crippen LogP contribution in [0.2, 0.25) is 0 Å². The molecule has 0 fully saturated rings. The van der Waals surface area contributed by atoms with Crippen LogP contribution < -0.4 is 10.9 Å². The van der Waals surface area contributed by atoms with Gasteiger partial charge in [0.1, 0.15) is 5.56 Å². The number of carbonyl (C=O) groups is 1. The minimum atomic E-state index is -0.657. The number of hydrogen-bond donors (Lipinski definition) is 2. The van der Waals surface area contributed by atoms with Crippen molar-refractivity contribution in [3.8, 4) is 0 Å². The second-order valence-corrected chi connectivity index (χ2v) is 5.88. The lowest BCUT2D eigenvalue weighted by Crippen LogP contribution is -2.32. The fourth-order valence-corrected chi connectivity index (χ4v) is 2.92. The van der Waals surface area contributed by atoms with E-state index in [0.717, 1.165) is 5.56 Å². The Bertz CT molecular complexity index is 873. The maximum atomic E-state index is 12.2. The fourth-order valence-electron chi connectivity index (χ4n) is 2.24. The summed E-state index contributed by atoms with van der Waals surface area (Å²) in [5.41, 5.74) is 0.399. The molecule has 3 rings (SSSR count). The van der Waals surface area contributed by atoms with Gasteiger partial charge in [-0.25, -0.2) is 4.98 Å². The van der Waals surface area contributed by atoms with Gasteiger partial charge in [0.25, 0.3) is 11.5 Å². The highest BCUT2D eigenvalue weighted by Gasteiger charge is 2.14. The Hall–Kier alpha value is -2.51. The van der Waals surface area contributed by atoms with Crippen LogP contribution in [-0.4, -0.2) is 26.9 Å². The van der Waals surface area contributed by atoms with Crippen LogP contribution in [0.5, 0.6) is 0 Å².